The molecule has 0 aliphatic carbocycles. The average Bonchev–Trinajstić information content (AvgIpc) is 1.41. The molecule has 0 N–H and O–H groups in total. The zero-order valence-electron chi connectivity index (χ0n) is 3.35. The molecule has 0 radical (unpaired) electrons. The summed E-state index contributed by atoms with van der Waals surface area (Å²) in [6.45, 7) is 0. The molecule has 0 saturated heterocycles. The van der Waals surface area contributed by atoms with Crippen LogP contribution in [0.25, 0.3) is 0 Å². The first-order valence-corrected chi connectivity index (χ1v) is 0.836. The van der Waals surface area contributed by atoms with Crippen LogP contribution in [0.3, 0.4) is 0 Å². The molecule has 0 fully saturated rings. The SMILES string of the molecule is O=[N+]([O-])[O-].[Ag+].[Ag+].[C-]#C. The van der Waals surface area contributed by atoms with Crippen LogP contribution in [-0.2, 0) is 44.8 Å². The van der Waals surface area contributed by atoms with Gasteiger partial charge < -0.3 is 28.2 Å². The molecule has 8 heavy (non-hydrogen) atoms. The minimum Gasteiger partial charge on any atom is -0.697 e. The van der Waals surface area contributed by atoms with Gasteiger partial charge in [0.25, 0.3) is 0 Å². The van der Waals surface area contributed by atoms with E-state index in [1.807, 2.05) is 0 Å². The monoisotopic (exact) mass is 301 g/mol. The molecule has 0 aliphatic heterocycles. The van der Waals surface area contributed by atoms with Crippen LogP contribution in [-0.4, -0.2) is 5.09 Å². The van der Waals surface area contributed by atoms with Gasteiger partial charge in [0.2, 0.25) is 0 Å². The molecule has 0 unspecified atom stereocenters. The van der Waals surface area contributed by atoms with Gasteiger partial charge in [-0.3, -0.25) is 0 Å². The van der Waals surface area contributed by atoms with E-state index in [2.05, 4.69) is 6.42 Å². The maximum atomic E-state index is 8.25. The van der Waals surface area contributed by atoms with Crippen LogP contribution in [0.4, 0.5) is 0 Å². The van der Waals surface area contributed by atoms with Gasteiger partial charge in [-0.2, -0.15) is 0 Å². The average molecular weight is 303 g/mol. The maximum absolute atomic E-state index is 8.25. The summed E-state index contributed by atoms with van der Waals surface area (Å²) in [5.41, 5.74) is 0. The zero-order chi connectivity index (χ0) is 5.58. The third kappa shape index (κ3) is 2960. The Kier molecular flexibility index (Phi) is 80.6. The quantitative estimate of drug-likeness (QED) is 0.207. The van der Waals surface area contributed by atoms with Crippen molar-refractivity contribution in [1.29, 1.82) is 0 Å². The van der Waals surface area contributed by atoms with E-state index < -0.39 is 5.09 Å². The van der Waals surface area contributed by atoms with E-state index >= 15 is 0 Å². The van der Waals surface area contributed by atoms with E-state index in [4.69, 9.17) is 21.7 Å². The van der Waals surface area contributed by atoms with Crippen LogP contribution >= 0.6 is 0 Å². The summed E-state index contributed by atoms with van der Waals surface area (Å²) in [6.07, 6.45) is 9.00. The second-order valence-corrected chi connectivity index (χ2v) is 0.224. The summed E-state index contributed by atoms with van der Waals surface area (Å²) >= 11 is 0. The van der Waals surface area contributed by atoms with E-state index in [1.54, 1.807) is 0 Å². The molecule has 54 valence electrons. The Morgan fingerprint density at radius 1 is 1.25 bits per heavy atom. The second-order valence-electron chi connectivity index (χ2n) is 0.224. The normalized spacial score (nSPS) is 3.25. The molecule has 0 rings (SSSR count). The van der Waals surface area contributed by atoms with Gasteiger partial charge in [0.15, 0.2) is 0 Å². The molecule has 0 aromatic heterocycles. The fourth-order valence-corrected chi connectivity index (χ4v) is 0. The van der Waals surface area contributed by atoms with E-state index in [1.165, 1.54) is 0 Å². The fourth-order valence-electron chi connectivity index (χ4n) is 0. The summed E-state index contributed by atoms with van der Waals surface area (Å²) in [5.74, 6) is 0. The minimum absolute atomic E-state index is 0. The second kappa shape index (κ2) is 26.9. The van der Waals surface area contributed by atoms with Crippen molar-refractivity contribution in [3.63, 3.8) is 0 Å². The number of hydrogen-bond acceptors (Lipinski definition) is 3. The van der Waals surface area contributed by atoms with Gasteiger partial charge in [-0.1, -0.05) is 0 Å². The van der Waals surface area contributed by atoms with Crippen LogP contribution in [0.2, 0.25) is 0 Å². The molecule has 0 aliphatic rings. The molecule has 0 aromatic carbocycles. The first-order valence-electron chi connectivity index (χ1n) is 0.836. The molecule has 0 spiro atoms. The number of nitrogens with zero attached hydrogens (tertiary/aromatic N) is 1. The molecule has 0 heterocycles. The molecule has 0 saturated carbocycles. The summed E-state index contributed by atoms with van der Waals surface area (Å²) < 4.78 is 0. The number of hydrogen-bond donors (Lipinski definition) is 0. The van der Waals surface area contributed by atoms with E-state index in [-0.39, 0.29) is 44.8 Å². The molecular formula is C2HAg2NO3. The Bertz CT molecular complexity index is 59.5. The van der Waals surface area contributed by atoms with Crippen LogP contribution in [0.1, 0.15) is 0 Å². The van der Waals surface area contributed by atoms with Gasteiger partial charge in [0.05, 0.1) is 5.09 Å². The van der Waals surface area contributed by atoms with Crippen LogP contribution in [0.5, 0.6) is 0 Å². The molecule has 4 nitrogen and oxygen atoms in total. The molecule has 0 atom stereocenters. The van der Waals surface area contributed by atoms with Gasteiger partial charge in [-0.05, 0) is 0 Å². The van der Waals surface area contributed by atoms with Gasteiger partial charge in [-0.25, -0.2) is 0 Å². The largest absolute Gasteiger partial charge is 1.00 e. The zero-order valence-corrected chi connectivity index (χ0v) is 6.32. The molecule has 0 bridgehead atoms. The van der Waals surface area contributed by atoms with Crippen LogP contribution in [0.15, 0.2) is 0 Å². The van der Waals surface area contributed by atoms with Crippen molar-refractivity contribution >= 4 is 0 Å². The van der Waals surface area contributed by atoms with Crippen molar-refractivity contribution < 1.29 is 49.8 Å². The molecule has 0 aromatic rings. The topological polar surface area (TPSA) is 66.2 Å². The van der Waals surface area contributed by atoms with Crippen molar-refractivity contribution in [2.75, 3.05) is 0 Å². The smallest absolute Gasteiger partial charge is 0.697 e. The Hall–Kier alpha value is 0.241. The van der Waals surface area contributed by atoms with Gasteiger partial charge in [0, 0.05) is 0 Å². The Labute approximate surface area is 77.8 Å². The predicted octanol–water partition coefficient (Wildman–Crippen LogP) is -0.0381. The summed E-state index contributed by atoms with van der Waals surface area (Å²) in [4.78, 5) is 8.25. The van der Waals surface area contributed by atoms with Gasteiger partial charge in [-0.15, -0.1) is 0 Å². The fraction of sp³-hybridized carbons (Fsp3) is 0. The van der Waals surface area contributed by atoms with Crippen molar-refractivity contribution in [1.82, 2.24) is 0 Å². The summed E-state index contributed by atoms with van der Waals surface area (Å²) in [7, 11) is 0. The molecule has 0 amide bonds. The van der Waals surface area contributed by atoms with Gasteiger partial charge >= 0.3 is 44.8 Å². The van der Waals surface area contributed by atoms with E-state index in [9.17, 15) is 0 Å². The third-order valence-corrected chi connectivity index (χ3v) is 0. The molecular weight excluding hydrogens is 302 g/mol. The Morgan fingerprint density at radius 3 is 1.25 bits per heavy atom. The first kappa shape index (κ1) is 24.0. The standard InChI is InChI=1S/C2H.2Ag.NO3/c1-2;;;2-1(3)4/h1H;;;/q-1;2*+1;-1. The maximum Gasteiger partial charge on any atom is 1.00 e. The minimum atomic E-state index is -1.75. The van der Waals surface area contributed by atoms with Crippen molar-refractivity contribution in [3.8, 4) is 6.42 Å². The van der Waals surface area contributed by atoms with Crippen molar-refractivity contribution in [2.24, 2.45) is 0 Å². The molecule has 6 heteroatoms. The van der Waals surface area contributed by atoms with E-state index in [0.717, 1.165) is 0 Å². The van der Waals surface area contributed by atoms with Crippen molar-refractivity contribution in [3.05, 3.63) is 21.7 Å². The van der Waals surface area contributed by atoms with Crippen LogP contribution in [0, 0.1) is 28.2 Å². The number of terminal acetylenes is 1. The predicted molar refractivity (Wildman–Crippen MR) is 18.5 cm³/mol. The summed E-state index contributed by atoms with van der Waals surface area (Å²) in [6, 6.07) is 0. The third-order valence-electron chi connectivity index (χ3n) is 0. The Morgan fingerprint density at radius 2 is 1.25 bits per heavy atom. The van der Waals surface area contributed by atoms with Gasteiger partial charge in [0.1, 0.15) is 0 Å². The number of rotatable bonds is 0. The first-order chi connectivity index (χ1) is 2.73. The van der Waals surface area contributed by atoms with Crippen molar-refractivity contribution in [2.45, 2.75) is 0 Å². The summed E-state index contributed by atoms with van der Waals surface area (Å²) in [5, 5.41) is 14.8. The Balaban J connectivity index is -0.0000000183. The van der Waals surface area contributed by atoms with E-state index in [0.29, 0.717) is 0 Å². The van der Waals surface area contributed by atoms with Crippen LogP contribution < -0.4 is 0 Å².